The van der Waals surface area contributed by atoms with E-state index in [1.807, 2.05) is 18.2 Å². The lowest BCUT2D eigenvalue weighted by molar-refractivity contribution is 0.566. The molecule has 27 heavy (non-hydrogen) atoms. The summed E-state index contributed by atoms with van der Waals surface area (Å²) < 4.78 is 6.18. The van der Waals surface area contributed by atoms with Crippen LogP contribution >= 0.6 is 0 Å². The monoisotopic (exact) mass is 348 g/mol. The van der Waals surface area contributed by atoms with Crippen molar-refractivity contribution in [3.05, 3.63) is 107 Å². The maximum atomic E-state index is 6.18. The molecule has 0 unspecified atom stereocenters. The molecule has 3 aromatic carbocycles. The molecule has 0 aliphatic heterocycles. The molecule has 1 aromatic heterocycles. The van der Waals surface area contributed by atoms with E-state index in [4.69, 9.17) is 4.42 Å². The van der Waals surface area contributed by atoms with E-state index in [1.165, 1.54) is 33.4 Å². The van der Waals surface area contributed by atoms with E-state index < -0.39 is 0 Å². The summed E-state index contributed by atoms with van der Waals surface area (Å²) in [4.78, 5) is 0. The third-order valence-electron chi connectivity index (χ3n) is 5.24. The Balaban J connectivity index is 1.52. The van der Waals surface area contributed by atoms with Crippen LogP contribution < -0.4 is 0 Å². The van der Waals surface area contributed by atoms with Gasteiger partial charge in [0.25, 0.3) is 0 Å². The maximum Gasteiger partial charge on any atom is 0.134 e. The van der Waals surface area contributed by atoms with Gasteiger partial charge in [0.2, 0.25) is 0 Å². The molecule has 1 aliphatic carbocycles. The maximum absolute atomic E-state index is 6.18. The molecule has 130 valence electrons. The highest BCUT2D eigenvalue weighted by molar-refractivity contribution is 5.93. The number of hydrogen-bond donors (Lipinski definition) is 0. The van der Waals surface area contributed by atoms with E-state index in [1.54, 1.807) is 0 Å². The Morgan fingerprint density at radius 2 is 1.44 bits per heavy atom. The van der Waals surface area contributed by atoms with E-state index >= 15 is 0 Å². The van der Waals surface area contributed by atoms with Crippen LogP contribution in [0.5, 0.6) is 0 Å². The SMILES string of the molecule is Cc1ccc(-c2cccc3c2C=C(c2ccc(-c4ccccc4)o2)C3)cc1. The molecule has 4 aromatic rings. The number of furan rings is 1. The lowest BCUT2D eigenvalue weighted by atomic mass is 9.96. The summed E-state index contributed by atoms with van der Waals surface area (Å²) in [5, 5.41) is 0. The zero-order chi connectivity index (χ0) is 18.2. The summed E-state index contributed by atoms with van der Waals surface area (Å²) in [7, 11) is 0. The van der Waals surface area contributed by atoms with E-state index in [0.29, 0.717) is 0 Å². The Bertz CT molecular complexity index is 1130. The van der Waals surface area contributed by atoms with Crippen molar-refractivity contribution in [1.29, 1.82) is 0 Å². The van der Waals surface area contributed by atoms with Gasteiger partial charge in [0.15, 0.2) is 0 Å². The molecule has 1 heterocycles. The third-order valence-corrected chi connectivity index (χ3v) is 5.24. The topological polar surface area (TPSA) is 13.1 Å². The second kappa shape index (κ2) is 6.44. The minimum absolute atomic E-state index is 0.913. The smallest absolute Gasteiger partial charge is 0.134 e. The second-order valence-electron chi connectivity index (χ2n) is 7.12. The van der Waals surface area contributed by atoms with Gasteiger partial charge in [-0.3, -0.25) is 0 Å². The first-order chi connectivity index (χ1) is 13.3. The largest absolute Gasteiger partial charge is 0.456 e. The average molecular weight is 348 g/mol. The summed E-state index contributed by atoms with van der Waals surface area (Å²) in [5.74, 6) is 1.88. The van der Waals surface area contributed by atoms with Crippen LogP contribution in [0, 0.1) is 6.92 Å². The van der Waals surface area contributed by atoms with Crippen LogP contribution in [0.15, 0.2) is 89.3 Å². The molecular weight excluding hydrogens is 328 g/mol. The Kier molecular flexibility index (Phi) is 3.79. The van der Waals surface area contributed by atoms with Crippen molar-refractivity contribution in [3.63, 3.8) is 0 Å². The van der Waals surface area contributed by atoms with Crippen molar-refractivity contribution in [2.45, 2.75) is 13.3 Å². The van der Waals surface area contributed by atoms with Gasteiger partial charge in [-0.15, -0.1) is 0 Å². The van der Waals surface area contributed by atoms with Gasteiger partial charge in [-0.1, -0.05) is 78.4 Å². The standard InChI is InChI=1S/C26H20O/c1-18-10-12-19(13-11-18)23-9-5-8-21-16-22(17-24(21)23)26-15-14-25(27-26)20-6-3-2-4-7-20/h2-15,17H,16H2,1H3. The van der Waals surface area contributed by atoms with Gasteiger partial charge in [-0.05, 0) is 53.0 Å². The number of allylic oxidation sites excluding steroid dienone is 1. The molecule has 1 aliphatic rings. The van der Waals surface area contributed by atoms with Crippen LogP contribution in [0.2, 0.25) is 0 Å². The summed E-state index contributed by atoms with van der Waals surface area (Å²) in [6.07, 6.45) is 3.20. The fourth-order valence-corrected chi connectivity index (χ4v) is 3.78. The molecule has 5 rings (SSSR count). The number of benzene rings is 3. The predicted molar refractivity (Wildman–Crippen MR) is 112 cm³/mol. The van der Waals surface area contributed by atoms with Crippen molar-refractivity contribution in [3.8, 4) is 22.5 Å². The first kappa shape index (κ1) is 15.9. The minimum Gasteiger partial charge on any atom is -0.456 e. The van der Waals surface area contributed by atoms with Crippen molar-refractivity contribution in [1.82, 2.24) is 0 Å². The highest BCUT2D eigenvalue weighted by Gasteiger charge is 2.20. The van der Waals surface area contributed by atoms with Gasteiger partial charge in [0.1, 0.15) is 11.5 Å². The van der Waals surface area contributed by atoms with Crippen molar-refractivity contribution in [2.75, 3.05) is 0 Å². The molecule has 0 N–H and O–H groups in total. The van der Waals surface area contributed by atoms with Gasteiger partial charge in [-0.2, -0.15) is 0 Å². The molecular formula is C26H20O. The van der Waals surface area contributed by atoms with E-state index in [-0.39, 0.29) is 0 Å². The van der Waals surface area contributed by atoms with Crippen LogP contribution in [-0.2, 0) is 6.42 Å². The fraction of sp³-hybridized carbons (Fsp3) is 0.0769. The number of hydrogen-bond acceptors (Lipinski definition) is 1. The third kappa shape index (κ3) is 2.92. The summed E-state index contributed by atoms with van der Waals surface area (Å²) in [5.41, 5.74) is 8.87. The van der Waals surface area contributed by atoms with Crippen molar-refractivity contribution >= 4 is 11.6 Å². The lowest BCUT2D eigenvalue weighted by Gasteiger charge is -2.08. The summed E-state index contributed by atoms with van der Waals surface area (Å²) in [6.45, 7) is 2.12. The van der Waals surface area contributed by atoms with Gasteiger partial charge < -0.3 is 4.42 Å². The minimum atomic E-state index is 0.913. The molecule has 0 saturated carbocycles. The molecule has 0 radical (unpaired) electrons. The molecule has 0 amide bonds. The molecule has 0 spiro atoms. The Morgan fingerprint density at radius 1 is 0.667 bits per heavy atom. The van der Waals surface area contributed by atoms with Gasteiger partial charge >= 0.3 is 0 Å². The van der Waals surface area contributed by atoms with Crippen LogP contribution in [0.1, 0.15) is 22.5 Å². The molecule has 0 fully saturated rings. The average Bonchev–Trinajstić information content (AvgIpc) is 3.36. The number of aryl methyl sites for hydroxylation is 1. The highest BCUT2D eigenvalue weighted by atomic mass is 16.3. The number of rotatable bonds is 3. The lowest BCUT2D eigenvalue weighted by Crippen LogP contribution is -1.87. The quantitative estimate of drug-likeness (QED) is 0.388. The fourth-order valence-electron chi connectivity index (χ4n) is 3.78. The molecule has 1 heteroatoms. The molecule has 1 nitrogen and oxygen atoms in total. The Labute approximate surface area is 159 Å². The zero-order valence-corrected chi connectivity index (χ0v) is 15.3. The van der Waals surface area contributed by atoms with Crippen LogP contribution in [0.25, 0.3) is 34.1 Å². The van der Waals surface area contributed by atoms with Crippen LogP contribution in [0.3, 0.4) is 0 Å². The first-order valence-corrected chi connectivity index (χ1v) is 9.33. The molecule has 0 saturated heterocycles. The number of fused-ring (bicyclic) bond motifs is 1. The van der Waals surface area contributed by atoms with Gasteiger partial charge in [0, 0.05) is 12.0 Å². The van der Waals surface area contributed by atoms with E-state index in [2.05, 4.69) is 79.7 Å². The Hall–Kier alpha value is -3.32. The van der Waals surface area contributed by atoms with Crippen molar-refractivity contribution in [2.24, 2.45) is 0 Å². The molecule has 0 bridgehead atoms. The highest BCUT2D eigenvalue weighted by Crippen LogP contribution is 2.38. The molecule has 0 atom stereocenters. The van der Waals surface area contributed by atoms with Gasteiger partial charge in [-0.25, -0.2) is 0 Å². The Morgan fingerprint density at radius 3 is 2.26 bits per heavy atom. The summed E-state index contributed by atoms with van der Waals surface area (Å²) in [6, 6.07) is 29.8. The second-order valence-corrected chi connectivity index (χ2v) is 7.12. The van der Waals surface area contributed by atoms with E-state index in [9.17, 15) is 0 Å². The first-order valence-electron chi connectivity index (χ1n) is 9.33. The van der Waals surface area contributed by atoms with Crippen molar-refractivity contribution < 1.29 is 4.42 Å². The van der Waals surface area contributed by atoms with Crippen LogP contribution in [0.4, 0.5) is 0 Å². The predicted octanol–water partition coefficient (Wildman–Crippen LogP) is 7.02. The summed E-state index contributed by atoms with van der Waals surface area (Å²) >= 11 is 0. The van der Waals surface area contributed by atoms with Crippen LogP contribution in [-0.4, -0.2) is 0 Å². The van der Waals surface area contributed by atoms with Gasteiger partial charge in [0.05, 0.1) is 0 Å². The normalized spacial score (nSPS) is 12.7. The zero-order valence-electron chi connectivity index (χ0n) is 15.3. The van der Waals surface area contributed by atoms with E-state index in [0.717, 1.165) is 23.5 Å².